The number of hydrazine groups is 1. The standard InChI is InChI=1S/C11H21N3O5S/c1-4(2)3-12-11(20)14-13-5-6(15)8(17)10(19)9(18)7(5)16/h4-6,8-10,13,15,17-19H,3H2,1-2H3,(H2,12,14,20)/t5?,6-,8-,9-,10-/m1/s1. The summed E-state index contributed by atoms with van der Waals surface area (Å²) in [7, 11) is 0. The van der Waals surface area contributed by atoms with Crippen molar-refractivity contribution in [1.82, 2.24) is 16.2 Å². The molecule has 1 rings (SSSR count). The quantitative estimate of drug-likeness (QED) is 0.214. The predicted octanol–water partition coefficient (Wildman–Crippen LogP) is -2.99. The van der Waals surface area contributed by atoms with Crippen molar-refractivity contribution in [3.8, 4) is 0 Å². The van der Waals surface area contributed by atoms with Crippen LogP contribution in [0, 0.1) is 5.92 Å². The third kappa shape index (κ3) is 4.08. The first kappa shape index (κ1) is 17.2. The summed E-state index contributed by atoms with van der Waals surface area (Å²) >= 11 is 4.95. The SMILES string of the molecule is CC(C)CNC(=S)NNC1C(=O)[C@@H](O)[C@H](O)[C@H](O)[C@@H]1O. The maximum absolute atomic E-state index is 11.7. The molecule has 9 heteroatoms. The monoisotopic (exact) mass is 307 g/mol. The minimum Gasteiger partial charge on any atom is -0.388 e. The zero-order valence-electron chi connectivity index (χ0n) is 11.3. The van der Waals surface area contributed by atoms with Crippen LogP contribution in [-0.4, -0.2) is 68.3 Å². The van der Waals surface area contributed by atoms with E-state index in [4.69, 9.17) is 12.2 Å². The van der Waals surface area contributed by atoms with Gasteiger partial charge in [-0.1, -0.05) is 13.8 Å². The van der Waals surface area contributed by atoms with Crippen molar-refractivity contribution in [2.24, 2.45) is 5.92 Å². The zero-order chi connectivity index (χ0) is 15.4. The zero-order valence-corrected chi connectivity index (χ0v) is 12.1. The van der Waals surface area contributed by atoms with Crippen LogP contribution >= 0.6 is 12.2 Å². The van der Waals surface area contributed by atoms with Gasteiger partial charge in [-0.3, -0.25) is 10.2 Å². The van der Waals surface area contributed by atoms with E-state index in [9.17, 15) is 25.2 Å². The summed E-state index contributed by atoms with van der Waals surface area (Å²) in [5.74, 6) is -0.454. The van der Waals surface area contributed by atoms with Gasteiger partial charge in [0.1, 0.15) is 30.5 Å². The highest BCUT2D eigenvalue weighted by molar-refractivity contribution is 7.80. The molecule has 0 saturated heterocycles. The van der Waals surface area contributed by atoms with Crippen LogP contribution in [0.3, 0.4) is 0 Å². The van der Waals surface area contributed by atoms with Crippen LogP contribution < -0.4 is 16.2 Å². The van der Waals surface area contributed by atoms with E-state index in [-0.39, 0.29) is 5.11 Å². The smallest absolute Gasteiger partial charge is 0.185 e. The molecule has 0 aromatic heterocycles. The highest BCUT2D eigenvalue weighted by atomic mass is 32.1. The average Bonchev–Trinajstić information content (AvgIpc) is 2.40. The third-order valence-electron chi connectivity index (χ3n) is 2.97. The van der Waals surface area contributed by atoms with Crippen LogP contribution in [0.25, 0.3) is 0 Å². The highest BCUT2D eigenvalue weighted by Gasteiger charge is 2.48. The molecule has 7 N–H and O–H groups in total. The first-order valence-electron chi connectivity index (χ1n) is 6.31. The number of carbonyl (C=O) groups excluding carboxylic acids is 1. The highest BCUT2D eigenvalue weighted by Crippen LogP contribution is 2.17. The van der Waals surface area contributed by atoms with Crippen molar-refractivity contribution in [2.75, 3.05) is 6.54 Å². The Morgan fingerprint density at radius 1 is 1.20 bits per heavy atom. The van der Waals surface area contributed by atoms with E-state index in [2.05, 4.69) is 16.2 Å². The van der Waals surface area contributed by atoms with Gasteiger partial charge in [-0.25, -0.2) is 5.43 Å². The Morgan fingerprint density at radius 2 is 1.80 bits per heavy atom. The molecule has 5 atom stereocenters. The van der Waals surface area contributed by atoms with Gasteiger partial charge in [0.05, 0.1) is 0 Å². The Bertz CT molecular complexity index is 368. The van der Waals surface area contributed by atoms with E-state index in [1.54, 1.807) is 0 Å². The number of nitrogens with one attached hydrogen (secondary N) is 3. The number of aliphatic hydroxyl groups is 4. The summed E-state index contributed by atoms with van der Waals surface area (Å²) in [5.41, 5.74) is 4.95. The number of hydrogen-bond acceptors (Lipinski definition) is 7. The van der Waals surface area contributed by atoms with E-state index in [0.717, 1.165) is 0 Å². The van der Waals surface area contributed by atoms with Gasteiger partial charge >= 0.3 is 0 Å². The number of ketones is 1. The van der Waals surface area contributed by atoms with Crippen LogP contribution in [0.2, 0.25) is 0 Å². The number of carbonyl (C=O) groups is 1. The molecule has 1 saturated carbocycles. The Hall–Kier alpha value is -0.840. The Balaban J connectivity index is 2.53. The molecule has 0 heterocycles. The molecule has 0 aromatic rings. The minimum atomic E-state index is -1.76. The van der Waals surface area contributed by atoms with Gasteiger partial charge in [0.15, 0.2) is 10.9 Å². The van der Waals surface area contributed by atoms with Crippen LogP contribution in [0.4, 0.5) is 0 Å². The molecule has 0 aliphatic heterocycles. The van der Waals surface area contributed by atoms with E-state index in [0.29, 0.717) is 12.5 Å². The molecular weight excluding hydrogens is 286 g/mol. The molecular formula is C11H21N3O5S. The van der Waals surface area contributed by atoms with Gasteiger partial charge < -0.3 is 25.7 Å². The molecule has 0 bridgehead atoms. The normalized spacial score (nSPS) is 34.1. The second kappa shape index (κ2) is 7.25. The van der Waals surface area contributed by atoms with E-state index >= 15 is 0 Å². The van der Waals surface area contributed by atoms with Gasteiger partial charge in [0, 0.05) is 6.54 Å². The molecule has 1 unspecified atom stereocenters. The predicted molar refractivity (Wildman–Crippen MR) is 74.5 cm³/mol. The molecule has 0 spiro atoms. The van der Waals surface area contributed by atoms with Crippen molar-refractivity contribution in [3.63, 3.8) is 0 Å². The molecule has 1 aliphatic rings. The number of aliphatic hydroxyl groups excluding tert-OH is 4. The largest absolute Gasteiger partial charge is 0.388 e. The van der Waals surface area contributed by atoms with Crippen molar-refractivity contribution in [2.45, 2.75) is 44.3 Å². The molecule has 1 fully saturated rings. The molecule has 0 radical (unpaired) electrons. The van der Waals surface area contributed by atoms with Crippen molar-refractivity contribution in [1.29, 1.82) is 0 Å². The maximum Gasteiger partial charge on any atom is 0.185 e. The number of hydrogen-bond donors (Lipinski definition) is 7. The first-order valence-corrected chi connectivity index (χ1v) is 6.72. The van der Waals surface area contributed by atoms with Gasteiger partial charge in [-0.2, -0.15) is 0 Å². The van der Waals surface area contributed by atoms with E-state index in [1.807, 2.05) is 13.8 Å². The van der Waals surface area contributed by atoms with E-state index < -0.39 is 36.2 Å². The van der Waals surface area contributed by atoms with Gasteiger partial charge in [0.25, 0.3) is 0 Å². The lowest BCUT2D eigenvalue weighted by atomic mass is 9.85. The van der Waals surface area contributed by atoms with Crippen molar-refractivity contribution in [3.05, 3.63) is 0 Å². The maximum atomic E-state index is 11.7. The summed E-state index contributed by atoms with van der Waals surface area (Å²) in [6.45, 7) is 4.61. The molecule has 8 nitrogen and oxygen atoms in total. The summed E-state index contributed by atoms with van der Waals surface area (Å²) in [6.07, 6.45) is -6.65. The van der Waals surface area contributed by atoms with Crippen molar-refractivity contribution >= 4 is 23.1 Å². The number of Topliss-reactive ketones (excluding diaryl/α,β-unsaturated/α-hetero) is 1. The van der Waals surface area contributed by atoms with Crippen LogP contribution in [0.15, 0.2) is 0 Å². The fraction of sp³-hybridized carbons (Fsp3) is 0.818. The average molecular weight is 307 g/mol. The third-order valence-corrected chi connectivity index (χ3v) is 3.22. The summed E-state index contributed by atoms with van der Waals surface area (Å²) in [6, 6.07) is -1.28. The molecule has 0 aromatic carbocycles. The Kier molecular flexibility index (Phi) is 6.24. The molecule has 1 aliphatic carbocycles. The van der Waals surface area contributed by atoms with Gasteiger partial charge in [0.2, 0.25) is 0 Å². The van der Waals surface area contributed by atoms with Crippen LogP contribution in [-0.2, 0) is 4.79 Å². The van der Waals surface area contributed by atoms with Gasteiger partial charge in [-0.15, -0.1) is 0 Å². The van der Waals surface area contributed by atoms with Gasteiger partial charge in [-0.05, 0) is 18.1 Å². The second-order valence-corrected chi connectivity index (χ2v) is 5.58. The summed E-state index contributed by atoms with van der Waals surface area (Å²) in [5, 5.41) is 41.1. The lowest BCUT2D eigenvalue weighted by Crippen LogP contribution is -2.68. The number of thiocarbonyl (C=S) groups is 1. The summed E-state index contributed by atoms with van der Waals surface area (Å²) < 4.78 is 0. The van der Waals surface area contributed by atoms with Crippen LogP contribution in [0.1, 0.15) is 13.8 Å². The molecule has 20 heavy (non-hydrogen) atoms. The Labute approximate surface area is 122 Å². The van der Waals surface area contributed by atoms with E-state index in [1.165, 1.54) is 0 Å². The lowest BCUT2D eigenvalue weighted by Gasteiger charge is -2.37. The Morgan fingerprint density at radius 3 is 2.35 bits per heavy atom. The van der Waals surface area contributed by atoms with Crippen molar-refractivity contribution < 1.29 is 25.2 Å². The fourth-order valence-electron chi connectivity index (χ4n) is 1.75. The lowest BCUT2D eigenvalue weighted by molar-refractivity contribution is -0.169. The van der Waals surface area contributed by atoms with Crippen LogP contribution in [0.5, 0.6) is 0 Å². The second-order valence-electron chi connectivity index (χ2n) is 5.17. The fourth-order valence-corrected chi connectivity index (χ4v) is 1.89. The molecule has 116 valence electrons. The molecule has 0 amide bonds. The topological polar surface area (TPSA) is 134 Å². The summed E-state index contributed by atoms with van der Waals surface area (Å²) in [4.78, 5) is 11.7. The minimum absolute atomic E-state index is 0.216. The number of rotatable bonds is 4. The first-order chi connectivity index (χ1) is 9.25.